The first-order chi connectivity index (χ1) is 19.3. The Hall–Kier alpha value is -4.89. The average molecular weight is 548 g/mol. The largest absolute Gasteiger partial charge is 0.355 e. The fourth-order valence-corrected chi connectivity index (χ4v) is 6.27. The first kappa shape index (κ1) is 25.4. The van der Waals surface area contributed by atoms with Crippen LogP contribution in [0.25, 0.3) is 44.2 Å². The summed E-state index contributed by atoms with van der Waals surface area (Å²) in [5.74, 6) is -0.313. The highest BCUT2D eigenvalue weighted by Gasteiger charge is 2.24. The van der Waals surface area contributed by atoms with Crippen LogP contribution in [-0.2, 0) is 10.0 Å². The van der Waals surface area contributed by atoms with Crippen LogP contribution in [0.4, 0.5) is 0 Å². The molecule has 6 rings (SSSR count). The van der Waals surface area contributed by atoms with E-state index in [-0.39, 0.29) is 16.4 Å². The first-order valence-electron chi connectivity index (χ1n) is 12.6. The molecule has 9 heteroatoms. The molecule has 0 unspecified atom stereocenters. The van der Waals surface area contributed by atoms with Crippen molar-refractivity contribution in [1.29, 1.82) is 0 Å². The molecule has 0 spiro atoms. The molecule has 40 heavy (non-hydrogen) atoms. The van der Waals surface area contributed by atoms with Crippen molar-refractivity contribution in [3.05, 3.63) is 108 Å². The highest BCUT2D eigenvalue weighted by molar-refractivity contribution is 7.90. The molecular weight excluding hydrogens is 522 g/mol. The molecule has 4 heterocycles. The Bertz CT molecular complexity index is 2030. The van der Waals surface area contributed by atoms with Gasteiger partial charge in [0.05, 0.1) is 16.0 Å². The van der Waals surface area contributed by atoms with Crippen molar-refractivity contribution < 1.29 is 13.2 Å². The molecule has 0 radical (unpaired) electrons. The van der Waals surface area contributed by atoms with Crippen molar-refractivity contribution in [2.45, 2.75) is 18.7 Å². The van der Waals surface area contributed by atoms with Gasteiger partial charge in [-0.05, 0) is 73.0 Å². The number of carbonyl (C=O) groups excluding carboxylic acids is 1. The van der Waals surface area contributed by atoms with Crippen LogP contribution in [0, 0.1) is 13.8 Å². The lowest BCUT2D eigenvalue weighted by Crippen LogP contribution is -2.18. The number of nitrogens with zero attached hydrogens (tertiary/aromatic N) is 4. The molecule has 1 amide bonds. The summed E-state index contributed by atoms with van der Waals surface area (Å²) in [5.41, 5.74) is 6.60. The van der Waals surface area contributed by atoms with Crippen LogP contribution in [0.15, 0.2) is 96.5 Å². The van der Waals surface area contributed by atoms with E-state index >= 15 is 0 Å². The summed E-state index contributed by atoms with van der Waals surface area (Å²) in [5, 5.41) is 4.06. The van der Waals surface area contributed by atoms with E-state index in [1.165, 1.54) is 10.2 Å². The molecule has 198 valence electrons. The van der Waals surface area contributed by atoms with Gasteiger partial charge in [0.1, 0.15) is 0 Å². The van der Waals surface area contributed by atoms with Gasteiger partial charge in [-0.1, -0.05) is 23.8 Å². The van der Waals surface area contributed by atoms with Crippen LogP contribution in [0.2, 0.25) is 0 Å². The van der Waals surface area contributed by atoms with Gasteiger partial charge < -0.3 is 5.32 Å². The number of aryl methyl sites for hydroxylation is 2. The number of amides is 1. The summed E-state index contributed by atoms with van der Waals surface area (Å²) < 4.78 is 28.8. The van der Waals surface area contributed by atoms with Gasteiger partial charge in [0.15, 0.2) is 5.65 Å². The molecule has 0 aliphatic heterocycles. The smallest absolute Gasteiger partial charge is 0.269 e. The lowest BCUT2D eigenvalue weighted by atomic mass is 9.95. The van der Waals surface area contributed by atoms with Gasteiger partial charge >= 0.3 is 0 Å². The molecule has 8 nitrogen and oxygen atoms in total. The zero-order valence-corrected chi connectivity index (χ0v) is 22.9. The predicted molar refractivity (Wildman–Crippen MR) is 156 cm³/mol. The number of fused-ring (bicyclic) bond motifs is 2. The Morgan fingerprint density at radius 3 is 2.38 bits per heavy atom. The number of rotatable bonds is 5. The van der Waals surface area contributed by atoms with Crippen molar-refractivity contribution in [3.8, 4) is 22.3 Å². The van der Waals surface area contributed by atoms with Crippen LogP contribution < -0.4 is 5.32 Å². The van der Waals surface area contributed by atoms with Gasteiger partial charge in [-0.15, -0.1) is 0 Å². The minimum atomic E-state index is -3.98. The van der Waals surface area contributed by atoms with E-state index in [1.807, 2.05) is 44.2 Å². The van der Waals surface area contributed by atoms with E-state index in [9.17, 15) is 13.2 Å². The van der Waals surface area contributed by atoms with Gasteiger partial charge in [0.25, 0.3) is 15.9 Å². The summed E-state index contributed by atoms with van der Waals surface area (Å²) in [6.07, 6.45) is 8.28. The number of aromatic nitrogens is 4. The Kier molecular flexibility index (Phi) is 6.15. The molecule has 0 atom stereocenters. The molecule has 0 fully saturated rings. The van der Waals surface area contributed by atoms with E-state index in [4.69, 9.17) is 0 Å². The molecule has 1 N–H and O–H groups in total. The number of benzene rings is 2. The van der Waals surface area contributed by atoms with Crippen LogP contribution >= 0.6 is 0 Å². The molecule has 2 aromatic carbocycles. The highest BCUT2D eigenvalue weighted by atomic mass is 32.2. The van der Waals surface area contributed by atoms with Crippen LogP contribution in [0.5, 0.6) is 0 Å². The second-order valence-corrected chi connectivity index (χ2v) is 11.4. The maximum atomic E-state index is 13.8. The molecule has 0 aliphatic carbocycles. The second kappa shape index (κ2) is 9.69. The Balaban J connectivity index is 1.64. The Labute approximate surface area is 231 Å². The Morgan fingerprint density at radius 2 is 1.65 bits per heavy atom. The van der Waals surface area contributed by atoms with E-state index in [0.29, 0.717) is 16.5 Å². The molecule has 0 aliphatic rings. The van der Waals surface area contributed by atoms with Crippen LogP contribution in [0.1, 0.15) is 21.5 Å². The molecule has 4 aromatic heterocycles. The maximum Gasteiger partial charge on any atom is 0.269 e. The van der Waals surface area contributed by atoms with E-state index in [0.717, 1.165) is 38.7 Å². The quantitative estimate of drug-likeness (QED) is 0.304. The molecule has 0 saturated carbocycles. The molecule has 0 saturated heterocycles. The highest BCUT2D eigenvalue weighted by Crippen LogP contribution is 2.37. The van der Waals surface area contributed by atoms with E-state index < -0.39 is 10.0 Å². The lowest BCUT2D eigenvalue weighted by Gasteiger charge is -2.11. The van der Waals surface area contributed by atoms with Gasteiger partial charge in [0.2, 0.25) is 0 Å². The number of hydrogen-bond acceptors (Lipinski definition) is 6. The number of nitrogens with one attached hydrogen (secondary N) is 1. The van der Waals surface area contributed by atoms with Gasteiger partial charge in [0, 0.05) is 59.9 Å². The third kappa shape index (κ3) is 4.20. The standard InChI is InChI=1S/C31H25N5O3S/c1-19-6-8-24(9-7-19)40(38,39)36-18-28(27-15-23(31(37)32-3)17-35-30(27)36)22-13-20(2)29-26(14-22)25(10-12-34-29)21-5-4-11-33-16-21/h4-18H,1-3H3,(H,32,37). The molecule has 6 aromatic rings. The monoisotopic (exact) mass is 547 g/mol. The number of pyridine rings is 3. The zero-order chi connectivity index (χ0) is 28.0. The molecular formula is C31H25N5O3S. The summed E-state index contributed by atoms with van der Waals surface area (Å²) in [4.78, 5) is 26.0. The van der Waals surface area contributed by atoms with Crippen molar-refractivity contribution in [2.75, 3.05) is 7.05 Å². The van der Waals surface area contributed by atoms with Crippen molar-refractivity contribution in [3.63, 3.8) is 0 Å². The van der Waals surface area contributed by atoms with Crippen molar-refractivity contribution in [1.82, 2.24) is 24.2 Å². The van der Waals surface area contributed by atoms with Crippen molar-refractivity contribution in [2.24, 2.45) is 0 Å². The third-order valence-corrected chi connectivity index (χ3v) is 8.66. The van der Waals surface area contributed by atoms with Gasteiger partial charge in [-0.2, -0.15) is 0 Å². The van der Waals surface area contributed by atoms with Gasteiger partial charge in [-0.25, -0.2) is 17.4 Å². The Morgan fingerprint density at radius 1 is 0.850 bits per heavy atom. The number of hydrogen-bond donors (Lipinski definition) is 1. The van der Waals surface area contributed by atoms with Crippen molar-refractivity contribution >= 4 is 37.9 Å². The average Bonchev–Trinajstić information content (AvgIpc) is 3.37. The second-order valence-electron chi connectivity index (χ2n) is 9.62. The van der Waals surface area contributed by atoms with Crippen LogP contribution in [-0.4, -0.2) is 40.3 Å². The zero-order valence-electron chi connectivity index (χ0n) is 22.1. The first-order valence-corrected chi connectivity index (χ1v) is 14.1. The summed E-state index contributed by atoms with van der Waals surface area (Å²) in [6, 6.07) is 18.2. The topological polar surface area (TPSA) is 107 Å². The SMILES string of the molecule is CNC(=O)c1cnc2c(c1)c(-c1cc(C)c3nccc(-c4cccnc4)c3c1)cn2S(=O)(=O)c1ccc(C)cc1. The van der Waals surface area contributed by atoms with E-state index in [2.05, 4.69) is 20.3 Å². The summed E-state index contributed by atoms with van der Waals surface area (Å²) >= 11 is 0. The predicted octanol–water partition coefficient (Wildman–Crippen LogP) is 5.53. The van der Waals surface area contributed by atoms with Crippen LogP contribution in [0.3, 0.4) is 0 Å². The lowest BCUT2D eigenvalue weighted by molar-refractivity contribution is 0.0963. The summed E-state index contributed by atoms with van der Waals surface area (Å²) in [7, 11) is -2.44. The molecule has 0 bridgehead atoms. The maximum absolute atomic E-state index is 13.8. The van der Waals surface area contributed by atoms with E-state index in [1.54, 1.807) is 62.2 Å². The fourth-order valence-electron chi connectivity index (χ4n) is 4.95. The third-order valence-electron chi connectivity index (χ3n) is 7.00. The minimum Gasteiger partial charge on any atom is -0.355 e. The summed E-state index contributed by atoms with van der Waals surface area (Å²) in [6.45, 7) is 3.88. The number of carbonyl (C=O) groups is 1. The normalized spacial score (nSPS) is 11.7. The van der Waals surface area contributed by atoms with Gasteiger partial charge in [-0.3, -0.25) is 14.8 Å². The fraction of sp³-hybridized carbons (Fsp3) is 0.0968. The minimum absolute atomic E-state index is 0.150.